The number of rotatable bonds is 5. The fourth-order valence-electron chi connectivity index (χ4n) is 3.20. The number of ether oxygens (including phenoxy) is 2. The third-order valence-electron chi connectivity index (χ3n) is 4.80. The normalized spacial score (nSPS) is 10.8. The van der Waals surface area contributed by atoms with Crippen molar-refractivity contribution in [3.63, 3.8) is 0 Å². The Balaban J connectivity index is 1.60. The first-order valence-corrected chi connectivity index (χ1v) is 9.66. The molecule has 0 unspecified atom stereocenters. The van der Waals surface area contributed by atoms with Crippen LogP contribution in [0.15, 0.2) is 54.6 Å². The second-order valence-electron chi connectivity index (χ2n) is 6.81. The second-order valence-corrected chi connectivity index (χ2v) is 7.22. The molecule has 0 fully saturated rings. The van der Waals surface area contributed by atoms with Crippen molar-refractivity contribution in [1.29, 1.82) is 0 Å². The van der Waals surface area contributed by atoms with Crippen molar-refractivity contribution < 1.29 is 14.3 Å². The van der Waals surface area contributed by atoms with Crippen LogP contribution in [0.3, 0.4) is 0 Å². The highest BCUT2D eigenvalue weighted by molar-refractivity contribution is 6.32. The summed E-state index contributed by atoms with van der Waals surface area (Å²) < 4.78 is 10.5. The summed E-state index contributed by atoms with van der Waals surface area (Å²) in [5, 5.41) is 3.59. The second kappa shape index (κ2) is 8.08. The van der Waals surface area contributed by atoms with Crippen LogP contribution in [0.2, 0.25) is 5.02 Å². The van der Waals surface area contributed by atoms with Gasteiger partial charge < -0.3 is 19.8 Å². The van der Waals surface area contributed by atoms with E-state index >= 15 is 0 Å². The summed E-state index contributed by atoms with van der Waals surface area (Å²) in [5.41, 5.74) is 4.65. The molecule has 0 bridgehead atoms. The quantitative estimate of drug-likeness (QED) is 0.448. The van der Waals surface area contributed by atoms with Gasteiger partial charge in [0, 0.05) is 21.8 Å². The van der Waals surface area contributed by atoms with E-state index in [0.29, 0.717) is 33.6 Å². The maximum atomic E-state index is 12.7. The minimum absolute atomic E-state index is 0.250. The van der Waals surface area contributed by atoms with Crippen molar-refractivity contribution in [3.05, 3.63) is 70.7 Å². The van der Waals surface area contributed by atoms with Crippen LogP contribution < -0.4 is 14.8 Å². The summed E-state index contributed by atoms with van der Waals surface area (Å²) in [6, 6.07) is 16.3. The SMILES string of the molecule is COc1ccc(C(=O)Nc2cccc(-c3nc4cc(Cl)c(C)cc4[nH]3)c2)cc1OC. The van der Waals surface area contributed by atoms with Crippen molar-refractivity contribution in [1.82, 2.24) is 9.97 Å². The minimum atomic E-state index is -0.250. The fraction of sp³-hybridized carbons (Fsp3) is 0.130. The molecule has 0 radical (unpaired) electrons. The van der Waals surface area contributed by atoms with Crippen LogP contribution in [0.1, 0.15) is 15.9 Å². The van der Waals surface area contributed by atoms with Crippen molar-refractivity contribution in [3.8, 4) is 22.9 Å². The van der Waals surface area contributed by atoms with E-state index in [-0.39, 0.29) is 5.91 Å². The molecule has 0 spiro atoms. The van der Waals surface area contributed by atoms with Gasteiger partial charge in [-0.25, -0.2) is 4.98 Å². The average Bonchev–Trinajstić information content (AvgIpc) is 3.16. The van der Waals surface area contributed by atoms with Gasteiger partial charge in [-0.1, -0.05) is 23.7 Å². The molecule has 2 N–H and O–H groups in total. The van der Waals surface area contributed by atoms with Crippen molar-refractivity contribution in [2.45, 2.75) is 6.92 Å². The molecule has 1 heterocycles. The Bertz CT molecular complexity index is 1210. The van der Waals surface area contributed by atoms with E-state index in [0.717, 1.165) is 22.2 Å². The summed E-state index contributed by atoms with van der Waals surface area (Å²) in [5.74, 6) is 1.51. The smallest absolute Gasteiger partial charge is 0.255 e. The summed E-state index contributed by atoms with van der Waals surface area (Å²) in [4.78, 5) is 20.6. The molecule has 0 saturated carbocycles. The van der Waals surface area contributed by atoms with Gasteiger partial charge in [-0.2, -0.15) is 0 Å². The van der Waals surface area contributed by atoms with Gasteiger partial charge in [0.2, 0.25) is 0 Å². The first-order chi connectivity index (χ1) is 14.5. The predicted molar refractivity (Wildman–Crippen MR) is 119 cm³/mol. The molecule has 152 valence electrons. The predicted octanol–water partition coefficient (Wildman–Crippen LogP) is 5.46. The van der Waals surface area contributed by atoms with E-state index < -0.39 is 0 Å². The third kappa shape index (κ3) is 3.82. The van der Waals surface area contributed by atoms with E-state index in [1.165, 1.54) is 7.11 Å². The van der Waals surface area contributed by atoms with Crippen molar-refractivity contribution in [2.75, 3.05) is 19.5 Å². The summed E-state index contributed by atoms with van der Waals surface area (Å²) in [6.07, 6.45) is 0. The van der Waals surface area contributed by atoms with Gasteiger partial charge in [-0.3, -0.25) is 4.79 Å². The van der Waals surface area contributed by atoms with Gasteiger partial charge in [0.1, 0.15) is 5.82 Å². The number of aromatic nitrogens is 2. The van der Waals surface area contributed by atoms with Crippen molar-refractivity contribution >= 4 is 34.2 Å². The number of fused-ring (bicyclic) bond motifs is 1. The minimum Gasteiger partial charge on any atom is -0.493 e. The molecular formula is C23H20ClN3O3. The zero-order valence-electron chi connectivity index (χ0n) is 16.7. The number of hydrogen-bond donors (Lipinski definition) is 2. The van der Waals surface area contributed by atoms with Crippen LogP contribution in [0.25, 0.3) is 22.4 Å². The lowest BCUT2D eigenvalue weighted by Crippen LogP contribution is -2.12. The molecule has 1 amide bonds. The molecule has 7 heteroatoms. The van der Waals surface area contributed by atoms with Crippen molar-refractivity contribution in [2.24, 2.45) is 0 Å². The molecule has 0 aliphatic rings. The lowest BCUT2D eigenvalue weighted by Gasteiger charge is -2.10. The molecule has 4 rings (SSSR count). The average molecular weight is 422 g/mol. The van der Waals surface area contributed by atoms with Crippen LogP contribution in [-0.2, 0) is 0 Å². The van der Waals surface area contributed by atoms with Gasteiger partial charge in [-0.05, 0) is 55.0 Å². The standard InChI is InChI=1S/C23H20ClN3O3/c1-13-9-18-19(12-17(13)24)27-22(26-18)14-5-4-6-16(10-14)25-23(28)15-7-8-20(29-2)21(11-15)30-3/h4-12H,1-3H3,(H,25,28)(H,26,27). The zero-order valence-corrected chi connectivity index (χ0v) is 17.5. The van der Waals surface area contributed by atoms with Crippen LogP contribution in [0, 0.1) is 6.92 Å². The van der Waals surface area contributed by atoms with Crippen LogP contribution >= 0.6 is 11.6 Å². The molecule has 30 heavy (non-hydrogen) atoms. The van der Waals surface area contributed by atoms with E-state index in [1.807, 2.05) is 43.3 Å². The number of halogens is 1. The number of nitrogens with zero attached hydrogens (tertiary/aromatic N) is 1. The fourth-order valence-corrected chi connectivity index (χ4v) is 3.36. The highest BCUT2D eigenvalue weighted by Crippen LogP contribution is 2.29. The number of aromatic amines is 1. The number of carbonyl (C=O) groups excluding carboxylic acids is 1. The Labute approximate surface area is 178 Å². The van der Waals surface area contributed by atoms with Gasteiger partial charge in [0.15, 0.2) is 11.5 Å². The Morgan fingerprint density at radius 3 is 2.60 bits per heavy atom. The topological polar surface area (TPSA) is 76.2 Å². The van der Waals surface area contributed by atoms with Crippen LogP contribution in [0.5, 0.6) is 11.5 Å². The van der Waals surface area contributed by atoms with Gasteiger partial charge in [0.05, 0.1) is 25.3 Å². The number of benzene rings is 3. The van der Waals surface area contributed by atoms with E-state index in [4.69, 9.17) is 21.1 Å². The molecule has 0 aliphatic carbocycles. The number of H-pyrrole nitrogens is 1. The summed E-state index contributed by atoms with van der Waals surface area (Å²) >= 11 is 6.21. The molecule has 0 aliphatic heterocycles. The monoisotopic (exact) mass is 421 g/mol. The molecule has 4 aromatic rings. The van der Waals surface area contributed by atoms with Gasteiger partial charge in [-0.15, -0.1) is 0 Å². The maximum Gasteiger partial charge on any atom is 0.255 e. The summed E-state index contributed by atoms with van der Waals surface area (Å²) in [6.45, 7) is 1.95. The first-order valence-electron chi connectivity index (χ1n) is 9.28. The number of nitrogens with one attached hydrogen (secondary N) is 2. The Hall–Kier alpha value is -3.51. The van der Waals surface area contributed by atoms with Gasteiger partial charge >= 0.3 is 0 Å². The van der Waals surface area contributed by atoms with E-state index in [1.54, 1.807) is 25.3 Å². The number of imidazole rings is 1. The number of methoxy groups -OCH3 is 2. The number of amides is 1. The molecule has 6 nitrogen and oxygen atoms in total. The molecule has 0 saturated heterocycles. The molecular weight excluding hydrogens is 402 g/mol. The van der Waals surface area contributed by atoms with E-state index in [9.17, 15) is 4.79 Å². The maximum absolute atomic E-state index is 12.7. The van der Waals surface area contributed by atoms with Gasteiger partial charge in [0.25, 0.3) is 5.91 Å². The van der Waals surface area contributed by atoms with Crippen LogP contribution in [0.4, 0.5) is 5.69 Å². The van der Waals surface area contributed by atoms with Crippen LogP contribution in [-0.4, -0.2) is 30.1 Å². The number of carbonyl (C=O) groups is 1. The lowest BCUT2D eigenvalue weighted by atomic mass is 10.1. The molecule has 0 atom stereocenters. The largest absolute Gasteiger partial charge is 0.493 e. The molecule has 3 aromatic carbocycles. The Morgan fingerprint density at radius 1 is 1.03 bits per heavy atom. The lowest BCUT2D eigenvalue weighted by molar-refractivity contribution is 0.102. The highest BCUT2D eigenvalue weighted by Gasteiger charge is 2.12. The number of anilines is 1. The Morgan fingerprint density at radius 2 is 1.83 bits per heavy atom. The number of aryl methyl sites for hydroxylation is 1. The third-order valence-corrected chi connectivity index (χ3v) is 5.21. The zero-order chi connectivity index (χ0) is 21.3. The molecule has 1 aromatic heterocycles. The summed E-state index contributed by atoms with van der Waals surface area (Å²) in [7, 11) is 3.08. The highest BCUT2D eigenvalue weighted by atomic mass is 35.5. The van der Waals surface area contributed by atoms with E-state index in [2.05, 4.69) is 15.3 Å². The number of hydrogen-bond acceptors (Lipinski definition) is 4. The first kappa shape index (κ1) is 19.8. The Kier molecular flexibility index (Phi) is 5.33.